The van der Waals surface area contributed by atoms with E-state index in [4.69, 9.17) is 16.3 Å². The van der Waals surface area contributed by atoms with Crippen molar-refractivity contribution >= 4 is 11.6 Å². The molecule has 2 atom stereocenters. The molecule has 2 aromatic carbocycles. The van der Waals surface area contributed by atoms with E-state index in [1.54, 1.807) is 12.1 Å². The van der Waals surface area contributed by atoms with Crippen LogP contribution in [0.25, 0.3) is 0 Å². The third kappa shape index (κ3) is 5.92. The van der Waals surface area contributed by atoms with Crippen LogP contribution in [0.15, 0.2) is 48.5 Å². The lowest BCUT2D eigenvalue weighted by Gasteiger charge is -2.18. The van der Waals surface area contributed by atoms with Gasteiger partial charge in [0, 0.05) is 17.6 Å². The highest BCUT2D eigenvalue weighted by Gasteiger charge is 2.09. The minimum Gasteiger partial charge on any atom is -0.389 e. The van der Waals surface area contributed by atoms with Gasteiger partial charge in [0.15, 0.2) is 0 Å². The summed E-state index contributed by atoms with van der Waals surface area (Å²) in [6.07, 6.45) is -0.625. The number of aliphatic hydroxyl groups is 1. The monoisotopic (exact) mass is 337 g/mol. The van der Waals surface area contributed by atoms with E-state index in [1.165, 1.54) is 12.1 Å². The summed E-state index contributed by atoms with van der Waals surface area (Å²) in [6, 6.07) is 13.8. The fraction of sp³-hybridized carbons (Fsp3) is 0.333. The van der Waals surface area contributed by atoms with E-state index in [1.807, 2.05) is 31.2 Å². The fourth-order valence-corrected chi connectivity index (χ4v) is 2.35. The van der Waals surface area contributed by atoms with Gasteiger partial charge in [-0.25, -0.2) is 4.39 Å². The Balaban J connectivity index is 1.69. The molecule has 124 valence electrons. The Morgan fingerprint density at radius 1 is 1.17 bits per heavy atom. The van der Waals surface area contributed by atoms with Gasteiger partial charge in [-0.1, -0.05) is 41.9 Å². The van der Waals surface area contributed by atoms with Gasteiger partial charge in [-0.3, -0.25) is 0 Å². The summed E-state index contributed by atoms with van der Waals surface area (Å²) < 4.78 is 18.4. The average Bonchev–Trinajstić information content (AvgIpc) is 2.55. The normalized spacial score (nSPS) is 13.7. The molecule has 23 heavy (non-hydrogen) atoms. The molecule has 3 nitrogen and oxygen atoms in total. The number of hydrogen-bond donors (Lipinski definition) is 2. The molecule has 0 saturated carbocycles. The van der Waals surface area contributed by atoms with E-state index in [9.17, 15) is 9.50 Å². The summed E-state index contributed by atoms with van der Waals surface area (Å²) in [4.78, 5) is 0. The molecule has 0 aliphatic carbocycles. The first-order chi connectivity index (χ1) is 11.1. The molecule has 0 unspecified atom stereocenters. The molecule has 0 aromatic heterocycles. The molecule has 0 radical (unpaired) electrons. The van der Waals surface area contributed by atoms with Gasteiger partial charge in [-0.05, 0) is 36.2 Å². The van der Waals surface area contributed by atoms with Crippen molar-refractivity contribution in [3.8, 4) is 0 Å². The Kier molecular flexibility index (Phi) is 6.99. The van der Waals surface area contributed by atoms with Crippen LogP contribution in [0.1, 0.15) is 24.1 Å². The fourth-order valence-electron chi connectivity index (χ4n) is 2.16. The summed E-state index contributed by atoms with van der Waals surface area (Å²) in [5, 5.41) is 13.8. The Bertz CT molecular complexity index is 606. The van der Waals surface area contributed by atoms with Crippen LogP contribution >= 0.6 is 11.6 Å². The maximum Gasteiger partial charge on any atom is 0.123 e. The standard InChI is InChI=1S/C18H21ClFNO2/c1-13(14-6-8-16(20)9-7-14)21-10-17(22)12-23-11-15-4-2-3-5-18(15)19/h2-9,13,17,21-22H,10-12H2,1H3/t13-,17+/m1/s1. The minimum absolute atomic E-state index is 0.0221. The highest BCUT2D eigenvalue weighted by atomic mass is 35.5. The molecular formula is C18H21ClFNO2. The second-order valence-electron chi connectivity index (χ2n) is 5.44. The third-order valence-electron chi connectivity index (χ3n) is 3.56. The van der Waals surface area contributed by atoms with E-state index >= 15 is 0 Å². The molecule has 2 aromatic rings. The minimum atomic E-state index is -0.625. The molecule has 0 saturated heterocycles. The number of halogens is 2. The van der Waals surface area contributed by atoms with Gasteiger partial charge < -0.3 is 15.2 Å². The lowest BCUT2D eigenvalue weighted by atomic mass is 10.1. The Labute approximate surface area is 141 Å². The second kappa shape index (κ2) is 8.99. The lowest BCUT2D eigenvalue weighted by Crippen LogP contribution is -2.32. The van der Waals surface area contributed by atoms with E-state index in [0.717, 1.165) is 11.1 Å². The van der Waals surface area contributed by atoms with E-state index in [-0.39, 0.29) is 18.5 Å². The van der Waals surface area contributed by atoms with Gasteiger partial charge in [0.2, 0.25) is 0 Å². The summed E-state index contributed by atoms with van der Waals surface area (Å²) in [6.45, 7) is 2.93. The van der Waals surface area contributed by atoms with Gasteiger partial charge >= 0.3 is 0 Å². The van der Waals surface area contributed by atoms with Crippen molar-refractivity contribution in [1.29, 1.82) is 0 Å². The van der Waals surface area contributed by atoms with Gasteiger partial charge in [-0.2, -0.15) is 0 Å². The number of aliphatic hydroxyl groups excluding tert-OH is 1. The highest BCUT2D eigenvalue weighted by molar-refractivity contribution is 6.31. The Hall–Kier alpha value is -1.46. The molecule has 0 aliphatic heterocycles. The highest BCUT2D eigenvalue weighted by Crippen LogP contribution is 2.16. The van der Waals surface area contributed by atoms with Crippen molar-refractivity contribution < 1.29 is 14.2 Å². The first-order valence-corrected chi connectivity index (χ1v) is 7.92. The van der Waals surface area contributed by atoms with Gasteiger partial charge in [0.05, 0.1) is 19.3 Å². The molecule has 0 fully saturated rings. The van der Waals surface area contributed by atoms with Gasteiger partial charge in [0.25, 0.3) is 0 Å². The van der Waals surface area contributed by atoms with Crippen molar-refractivity contribution in [2.24, 2.45) is 0 Å². The molecule has 0 aliphatic rings. The first kappa shape index (κ1) is 17.9. The number of rotatable bonds is 8. The van der Waals surface area contributed by atoms with Crippen LogP contribution < -0.4 is 5.32 Å². The topological polar surface area (TPSA) is 41.5 Å². The van der Waals surface area contributed by atoms with Crippen LogP contribution in [0.5, 0.6) is 0 Å². The predicted octanol–water partition coefficient (Wildman–Crippen LogP) is 3.71. The SMILES string of the molecule is C[C@@H](NC[C@H](O)COCc1ccccc1Cl)c1ccc(F)cc1. The Morgan fingerprint density at radius 2 is 1.87 bits per heavy atom. The second-order valence-corrected chi connectivity index (χ2v) is 5.85. The predicted molar refractivity (Wildman–Crippen MR) is 89.9 cm³/mol. The number of ether oxygens (including phenoxy) is 1. The van der Waals surface area contributed by atoms with E-state index in [0.29, 0.717) is 18.2 Å². The maximum absolute atomic E-state index is 12.9. The lowest BCUT2D eigenvalue weighted by molar-refractivity contribution is 0.0278. The maximum atomic E-state index is 12.9. The van der Waals surface area contributed by atoms with Crippen molar-refractivity contribution in [1.82, 2.24) is 5.32 Å². The number of hydrogen-bond acceptors (Lipinski definition) is 3. The molecule has 0 heterocycles. The van der Waals surface area contributed by atoms with Crippen LogP contribution in [-0.2, 0) is 11.3 Å². The number of nitrogens with one attached hydrogen (secondary N) is 1. The van der Waals surface area contributed by atoms with E-state index < -0.39 is 6.10 Å². The van der Waals surface area contributed by atoms with E-state index in [2.05, 4.69) is 5.32 Å². The molecule has 0 bridgehead atoms. The first-order valence-electron chi connectivity index (χ1n) is 7.54. The smallest absolute Gasteiger partial charge is 0.123 e. The van der Waals surface area contributed by atoms with Crippen LogP contribution in [0.3, 0.4) is 0 Å². The number of benzene rings is 2. The summed E-state index contributed by atoms with van der Waals surface area (Å²) in [5.74, 6) is -0.256. The quantitative estimate of drug-likeness (QED) is 0.771. The van der Waals surface area contributed by atoms with Crippen LogP contribution in [-0.4, -0.2) is 24.4 Å². The Morgan fingerprint density at radius 3 is 2.57 bits per heavy atom. The molecule has 0 amide bonds. The average molecular weight is 338 g/mol. The third-order valence-corrected chi connectivity index (χ3v) is 3.92. The molecular weight excluding hydrogens is 317 g/mol. The van der Waals surface area contributed by atoms with Gasteiger partial charge in [0.1, 0.15) is 5.82 Å². The zero-order chi connectivity index (χ0) is 16.7. The van der Waals surface area contributed by atoms with Crippen LogP contribution in [0.4, 0.5) is 4.39 Å². The van der Waals surface area contributed by atoms with Crippen molar-refractivity contribution in [2.75, 3.05) is 13.2 Å². The zero-order valence-corrected chi connectivity index (χ0v) is 13.8. The summed E-state index contributed by atoms with van der Waals surface area (Å²) >= 11 is 6.04. The van der Waals surface area contributed by atoms with Crippen molar-refractivity contribution in [2.45, 2.75) is 25.7 Å². The van der Waals surface area contributed by atoms with Gasteiger partial charge in [-0.15, -0.1) is 0 Å². The summed E-state index contributed by atoms with van der Waals surface area (Å²) in [7, 11) is 0. The molecule has 5 heteroatoms. The largest absolute Gasteiger partial charge is 0.389 e. The van der Waals surface area contributed by atoms with Crippen molar-refractivity contribution in [3.63, 3.8) is 0 Å². The van der Waals surface area contributed by atoms with Crippen LogP contribution in [0.2, 0.25) is 5.02 Å². The molecule has 0 spiro atoms. The van der Waals surface area contributed by atoms with Crippen molar-refractivity contribution in [3.05, 3.63) is 70.5 Å². The van der Waals surface area contributed by atoms with Crippen LogP contribution in [0, 0.1) is 5.82 Å². The summed E-state index contributed by atoms with van der Waals surface area (Å²) in [5.41, 5.74) is 1.87. The zero-order valence-electron chi connectivity index (χ0n) is 13.0. The molecule has 2 N–H and O–H groups in total. The molecule has 2 rings (SSSR count).